The molecule has 1 aliphatic heterocycles. The fourth-order valence-electron chi connectivity index (χ4n) is 3.31. The molecule has 0 radical (unpaired) electrons. The Morgan fingerprint density at radius 2 is 2.00 bits per heavy atom. The summed E-state index contributed by atoms with van der Waals surface area (Å²) in [6, 6.07) is 3.90. The maximum Gasteiger partial charge on any atom is 0.242 e. The van der Waals surface area contributed by atoms with E-state index in [2.05, 4.69) is 0 Å². The summed E-state index contributed by atoms with van der Waals surface area (Å²) in [6.45, 7) is 7.56. The van der Waals surface area contributed by atoms with Gasteiger partial charge in [-0.3, -0.25) is 9.59 Å². The lowest BCUT2D eigenvalue weighted by atomic mass is 9.94. The van der Waals surface area contributed by atoms with E-state index in [1.54, 1.807) is 16.1 Å². The first kappa shape index (κ1) is 19.0. The number of hydrogen-bond donors (Lipinski definition) is 0. The number of hydrogen-bond acceptors (Lipinski definition) is 4. The molecule has 1 aromatic heterocycles. The first-order chi connectivity index (χ1) is 12.3. The first-order valence-corrected chi connectivity index (χ1v) is 9.57. The van der Waals surface area contributed by atoms with Gasteiger partial charge in [-0.15, -0.1) is 0 Å². The number of ether oxygens (including phenoxy) is 1. The molecule has 2 fully saturated rings. The molecule has 144 valence electrons. The molecule has 0 bridgehead atoms. The molecule has 3 rings (SSSR count). The summed E-state index contributed by atoms with van der Waals surface area (Å²) in [4.78, 5) is 29.4. The van der Waals surface area contributed by atoms with Gasteiger partial charge in [0, 0.05) is 24.6 Å². The highest BCUT2D eigenvalue weighted by molar-refractivity contribution is 5.88. The fourth-order valence-corrected chi connectivity index (χ4v) is 3.31. The second-order valence-corrected chi connectivity index (χ2v) is 8.40. The van der Waals surface area contributed by atoms with Crippen LogP contribution >= 0.6 is 0 Å². The van der Waals surface area contributed by atoms with Gasteiger partial charge in [0.25, 0.3) is 0 Å². The van der Waals surface area contributed by atoms with E-state index in [-0.39, 0.29) is 30.5 Å². The summed E-state index contributed by atoms with van der Waals surface area (Å²) >= 11 is 0. The van der Waals surface area contributed by atoms with Crippen LogP contribution in [-0.4, -0.2) is 53.5 Å². The maximum absolute atomic E-state index is 13.1. The fraction of sp³-hybridized carbons (Fsp3) is 0.700. The Morgan fingerprint density at radius 3 is 2.54 bits per heavy atom. The summed E-state index contributed by atoms with van der Waals surface area (Å²) in [5, 5.41) is 0. The van der Waals surface area contributed by atoms with E-state index in [0.29, 0.717) is 13.1 Å². The molecule has 1 aromatic rings. The van der Waals surface area contributed by atoms with Crippen molar-refractivity contribution in [3.63, 3.8) is 0 Å². The van der Waals surface area contributed by atoms with Gasteiger partial charge in [-0.25, -0.2) is 0 Å². The van der Waals surface area contributed by atoms with Gasteiger partial charge in [0.2, 0.25) is 11.8 Å². The normalized spacial score (nSPS) is 20.2. The van der Waals surface area contributed by atoms with Crippen LogP contribution in [0.15, 0.2) is 22.8 Å². The van der Waals surface area contributed by atoms with Gasteiger partial charge in [-0.2, -0.15) is 0 Å². The van der Waals surface area contributed by atoms with E-state index < -0.39 is 5.41 Å². The number of carbonyl (C=O) groups is 2. The SMILES string of the molecule is CC(C)(C)C(=O)N(CC(=O)N(Cc1ccco1)CC1CCCO1)C1CC1. The summed E-state index contributed by atoms with van der Waals surface area (Å²) in [7, 11) is 0. The van der Waals surface area contributed by atoms with Gasteiger partial charge >= 0.3 is 0 Å². The monoisotopic (exact) mass is 362 g/mol. The number of rotatable bonds is 7. The van der Waals surface area contributed by atoms with Crippen molar-refractivity contribution in [1.29, 1.82) is 0 Å². The number of amides is 2. The van der Waals surface area contributed by atoms with Crippen molar-refractivity contribution in [2.24, 2.45) is 5.41 Å². The van der Waals surface area contributed by atoms with Gasteiger partial charge in [0.1, 0.15) is 12.3 Å². The quantitative estimate of drug-likeness (QED) is 0.748. The molecule has 1 unspecified atom stereocenters. The van der Waals surface area contributed by atoms with Crippen molar-refractivity contribution in [2.45, 2.75) is 65.1 Å². The zero-order chi connectivity index (χ0) is 18.7. The molecule has 0 spiro atoms. The van der Waals surface area contributed by atoms with Crippen molar-refractivity contribution in [1.82, 2.24) is 9.80 Å². The van der Waals surface area contributed by atoms with Crippen LogP contribution in [0.3, 0.4) is 0 Å². The zero-order valence-electron chi connectivity index (χ0n) is 16.1. The second kappa shape index (κ2) is 7.82. The molecular weight excluding hydrogens is 332 g/mol. The Balaban J connectivity index is 1.69. The zero-order valence-corrected chi connectivity index (χ0v) is 16.1. The van der Waals surface area contributed by atoms with Crippen molar-refractivity contribution in [3.05, 3.63) is 24.2 Å². The van der Waals surface area contributed by atoms with E-state index in [4.69, 9.17) is 9.15 Å². The standard InChI is InChI=1S/C20H30N2O4/c1-20(2,3)19(24)22(15-8-9-15)14-18(23)21(12-16-6-4-10-25-16)13-17-7-5-11-26-17/h4,6,10,15,17H,5,7-9,11-14H2,1-3H3. The molecule has 2 amide bonds. The van der Waals surface area contributed by atoms with Crippen LogP contribution in [0.5, 0.6) is 0 Å². The minimum Gasteiger partial charge on any atom is -0.467 e. The highest BCUT2D eigenvalue weighted by atomic mass is 16.5. The molecule has 6 nitrogen and oxygen atoms in total. The Morgan fingerprint density at radius 1 is 1.23 bits per heavy atom. The highest BCUT2D eigenvalue weighted by Crippen LogP contribution is 2.31. The predicted octanol–water partition coefficient (Wildman–Crippen LogP) is 2.82. The van der Waals surface area contributed by atoms with Crippen LogP contribution in [0.1, 0.15) is 52.2 Å². The minimum atomic E-state index is -0.483. The molecule has 1 aliphatic carbocycles. The van der Waals surface area contributed by atoms with Crippen LogP contribution in [0.25, 0.3) is 0 Å². The van der Waals surface area contributed by atoms with Crippen LogP contribution in [0.2, 0.25) is 0 Å². The topological polar surface area (TPSA) is 63.0 Å². The third kappa shape index (κ3) is 4.87. The van der Waals surface area contributed by atoms with Gasteiger partial charge in [0.05, 0.1) is 18.9 Å². The van der Waals surface area contributed by atoms with Crippen LogP contribution in [0.4, 0.5) is 0 Å². The van der Waals surface area contributed by atoms with Crippen molar-refractivity contribution in [2.75, 3.05) is 19.7 Å². The van der Waals surface area contributed by atoms with Gasteiger partial charge in [0.15, 0.2) is 0 Å². The Bertz CT molecular complexity index is 610. The molecule has 1 saturated heterocycles. The molecule has 6 heteroatoms. The Labute approximate surface area is 155 Å². The minimum absolute atomic E-state index is 0.0404. The van der Waals surface area contributed by atoms with Gasteiger partial charge in [-0.1, -0.05) is 20.8 Å². The molecule has 0 aromatic carbocycles. The van der Waals surface area contributed by atoms with Crippen molar-refractivity contribution < 1.29 is 18.7 Å². The molecule has 2 aliphatic rings. The van der Waals surface area contributed by atoms with Crippen molar-refractivity contribution in [3.8, 4) is 0 Å². The summed E-state index contributed by atoms with van der Waals surface area (Å²) < 4.78 is 11.1. The molecule has 1 saturated carbocycles. The van der Waals surface area contributed by atoms with E-state index in [1.807, 2.05) is 32.9 Å². The lowest BCUT2D eigenvalue weighted by molar-refractivity contribution is -0.147. The van der Waals surface area contributed by atoms with E-state index in [0.717, 1.165) is 38.1 Å². The van der Waals surface area contributed by atoms with Gasteiger partial charge in [-0.05, 0) is 37.8 Å². The van der Waals surface area contributed by atoms with Crippen LogP contribution in [-0.2, 0) is 20.9 Å². The third-order valence-electron chi connectivity index (χ3n) is 4.92. The second-order valence-electron chi connectivity index (χ2n) is 8.40. The molecule has 26 heavy (non-hydrogen) atoms. The highest BCUT2D eigenvalue weighted by Gasteiger charge is 2.39. The number of carbonyl (C=O) groups excluding carboxylic acids is 2. The molecule has 1 atom stereocenters. The number of furan rings is 1. The molecule has 0 N–H and O–H groups in total. The smallest absolute Gasteiger partial charge is 0.242 e. The lowest BCUT2D eigenvalue weighted by Gasteiger charge is -2.32. The molecular formula is C20H30N2O4. The first-order valence-electron chi connectivity index (χ1n) is 9.57. The Kier molecular flexibility index (Phi) is 5.70. The van der Waals surface area contributed by atoms with Crippen molar-refractivity contribution >= 4 is 11.8 Å². The summed E-state index contributed by atoms with van der Waals surface area (Å²) in [5.74, 6) is 0.751. The van der Waals surface area contributed by atoms with E-state index >= 15 is 0 Å². The lowest BCUT2D eigenvalue weighted by Crippen LogP contribution is -2.48. The predicted molar refractivity (Wildman–Crippen MR) is 97.3 cm³/mol. The van der Waals surface area contributed by atoms with Gasteiger partial charge < -0.3 is 19.0 Å². The Hall–Kier alpha value is -1.82. The number of nitrogens with zero attached hydrogens (tertiary/aromatic N) is 2. The third-order valence-corrected chi connectivity index (χ3v) is 4.92. The van der Waals surface area contributed by atoms with Crippen LogP contribution in [0, 0.1) is 5.41 Å². The summed E-state index contributed by atoms with van der Waals surface area (Å²) in [6.07, 6.45) is 5.66. The average molecular weight is 362 g/mol. The van der Waals surface area contributed by atoms with E-state index in [1.165, 1.54) is 0 Å². The summed E-state index contributed by atoms with van der Waals surface area (Å²) in [5.41, 5.74) is -0.483. The van der Waals surface area contributed by atoms with E-state index in [9.17, 15) is 9.59 Å². The largest absolute Gasteiger partial charge is 0.467 e. The molecule has 2 heterocycles. The average Bonchev–Trinajstić information content (AvgIpc) is 3.06. The van der Waals surface area contributed by atoms with Crippen LogP contribution < -0.4 is 0 Å². The maximum atomic E-state index is 13.1.